The number of ether oxygens (including phenoxy) is 2. The van der Waals surface area contributed by atoms with Crippen molar-refractivity contribution in [3.8, 4) is 5.75 Å². The van der Waals surface area contributed by atoms with Gasteiger partial charge in [-0.25, -0.2) is 9.78 Å². The zero-order chi connectivity index (χ0) is 19.1. The van der Waals surface area contributed by atoms with Crippen molar-refractivity contribution < 1.29 is 19.1 Å². The maximum absolute atomic E-state index is 12.3. The number of carbonyl (C=O) groups is 2. The second kappa shape index (κ2) is 9.20. The Bertz CT molecular complexity index is 762. The molecule has 26 heavy (non-hydrogen) atoms. The fourth-order valence-electron chi connectivity index (χ4n) is 1.94. The molecule has 0 aliphatic rings. The Morgan fingerprint density at radius 3 is 2.62 bits per heavy atom. The average molecular weight is 377 g/mol. The Labute approximate surface area is 157 Å². The predicted molar refractivity (Wildman–Crippen MR) is 99.5 cm³/mol. The van der Waals surface area contributed by atoms with Gasteiger partial charge in [0.25, 0.3) is 5.91 Å². The molecule has 1 N–H and O–H groups in total. The van der Waals surface area contributed by atoms with E-state index in [-0.39, 0.29) is 0 Å². The van der Waals surface area contributed by atoms with Crippen LogP contribution in [-0.4, -0.2) is 29.6 Å². The summed E-state index contributed by atoms with van der Waals surface area (Å²) < 4.78 is 10.8. The van der Waals surface area contributed by atoms with Gasteiger partial charge in [0.2, 0.25) is 0 Å². The molecule has 1 aromatic heterocycles. The number of aromatic nitrogens is 1. The first-order chi connectivity index (χ1) is 12.3. The lowest BCUT2D eigenvalue weighted by atomic mass is 10.2. The summed E-state index contributed by atoms with van der Waals surface area (Å²) in [6.45, 7) is 6.11. The first kappa shape index (κ1) is 19.7. The van der Waals surface area contributed by atoms with Crippen molar-refractivity contribution in [1.29, 1.82) is 0 Å². The van der Waals surface area contributed by atoms with E-state index < -0.39 is 18.0 Å². The summed E-state index contributed by atoms with van der Waals surface area (Å²) in [7, 11) is 0. The molecule has 7 heteroatoms. The smallest absolute Gasteiger partial charge is 0.339 e. The molecule has 0 aliphatic heterocycles. The molecule has 1 heterocycles. The molecule has 0 unspecified atom stereocenters. The molecule has 1 atom stereocenters. The summed E-state index contributed by atoms with van der Waals surface area (Å²) in [5.74, 6) is 0.185. The lowest BCUT2D eigenvalue weighted by Gasteiger charge is -2.14. The van der Waals surface area contributed by atoms with Gasteiger partial charge in [-0.15, -0.1) is 0 Å². The molecule has 0 saturated heterocycles. The largest absolute Gasteiger partial charge is 0.493 e. The van der Waals surface area contributed by atoms with E-state index >= 15 is 0 Å². The lowest BCUT2D eigenvalue weighted by molar-refractivity contribution is -0.123. The number of pyridine rings is 1. The highest BCUT2D eigenvalue weighted by Gasteiger charge is 2.19. The Balaban J connectivity index is 1.94. The zero-order valence-corrected chi connectivity index (χ0v) is 15.6. The quantitative estimate of drug-likeness (QED) is 0.740. The van der Waals surface area contributed by atoms with Gasteiger partial charge >= 0.3 is 5.97 Å². The molecule has 2 aromatic rings. The summed E-state index contributed by atoms with van der Waals surface area (Å²) in [4.78, 5) is 28.3. The van der Waals surface area contributed by atoms with Gasteiger partial charge in [0, 0.05) is 6.20 Å². The molecule has 0 radical (unpaired) electrons. The van der Waals surface area contributed by atoms with Gasteiger partial charge in [-0.05, 0) is 43.2 Å². The standard InChI is InChI=1S/C19H21ClN2O4/c1-12(2)11-25-16-6-4-5-14(9-16)19(24)26-13(3)18(23)22-17-8-7-15(20)10-21-17/h4-10,12-13H,11H2,1-3H3,(H,21,22,23)/t13-/m0/s1. The number of anilines is 1. The minimum absolute atomic E-state index is 0.315. The third-order valence-electron chi connectivity index (χ3n) is 3.28. The molecule has 6 nitrogen and oxygen atoms in total. The first-order valence-electron chi connectivity index (χ1n) is 8.21. The van der Waals surface area contributed by atoms with E-state index in [0.29, 0.717) is 34.7 Å². The molecule has 2 rings (SSSR count). The average Bonchev–Trinajstić information content (AvgIpc) is 2.62. The molecule has 0 bridgehead atoms. The molecule has 138 valence electrons. The van der Waals surface area contributed by atoms with Crippen LogP contribution in [0.5, 0.6) is 5.75 Å². The summed E-state index contributed by atoms with van der Waals surface area (Å²) >= 11 is 5.75. The van der Waals surface area contributed by atoms with Gasteiger partial charge in [-0.3, -0.25) is 4.79 Å². The summed E-state index contributed by atoms with van der Waals surface area (Å²) in [5, 5.41) is 3.02. The SMILES string of the molecule is CC(C)COc1cccc(C(=O)O[C@@H](C)C(=O)Nc2ccc(Cl)cn2)c1. The minimum atomic E-state index is -0.986. The van der Waals surface area contributed by atoms with Crippen molar-refractivity contribution in [2.75, 3.05) is 11.9 Å². The van der Waals surface area contributed by atoms with E-state index in [0.717, 1.165) is 0 Å². The number of hydrogen-bond donors (Lipinski definition) is 1. The van der Waals surface area contributed by atoms with Crippen molar-refractivity contribution >= 4 is 29.3 Å². The summed E-state index contributed by atoms with van der Waals surface area (Å²) in [6, 6.07) is 9.83. The van der Waals surface area contributed by atoms with Gasteiger partial charge in [0.15, 0.2) is 6.10 Å². The van der Waals surface area contributed by atoms with Crippen LogP contribution in [0.3, 0.4) is 0 Å². The number of amides is 1. The molecule has 0 aliphatic carbocycles. The maximum atomic E-state index is 12.3. The van der Waals surface area contributed by atoms with E-state index in [2.05, 4.69) is 10.3 Å². The lowest BCUT2D eigenvalue weighted by Crippen LogP contribution is -2.30. The van der Waals surface area contributed by atoms with Crippen LogP contribution in [0.2, 0.25) is 5.02 Å². The Morgan fingerprint density at radius 1 is 1.19 bits per heavy atom. The number of carbonyl (C=O) groups excluding carboxylic acids is 2. The number of esters is 1. The van der Waals surface area contributed by atoms with E-state index in [1.807, 2.05) is 13.8 Å². The van der Waals surface area contributed by atoms with Crippen molar-refractivity contribution in [3.05, 3.63) is 53.2 Å². The molecule has 1 amide bonds. The second-order valence-electron chi connectivity index (χ2n) is 6.13. The first-order valence-corrected chi connectivity index (χ1v) is 8.59. The second-order valence-corrected chi connectivity index (χ2v) is 6.57. The summed E-state index contributed by atoms with van der Waals surface area (Å²) in [6.07, 6.45) is 0.427. The number of benzene rings is 1. The number of nitrogens with one attached hydrogen (secondary N) is 1. The van der Waals surface area contributed by atoms with Crippen LogP contribution in [0.1, 0.15) is 31.1 Å². The molecule has 0 saturated carbocycles. The third-order valence-corrected chi connectivity index (χ3v) is 3.51. The van der Waals surface area contributed by atoms with Crippen molar-refractivity contribution in [2.45, 2.75) is 26.9 Å². The fourth-order valence-corrected chi connectivity index (χ4v) is 2.05. The number of hydrogen-bond acceptors (Lipinski definition) is 5. The molecular formula is C19H21ClN2O4. The van der Waals surface area contributed by atoms with E-state index in [1.165, 1.54) is 13.1 Å². The van der Waals surface area contributed by atoms with Crippen LogP contribution in [0, 0.1) is 5.92 Å². The topological polar surface area (TPSA) is 77.5 Å². The van der Waals surface area contributed by atoms with Crippen LogP contribution >= 0.6 is 11.6 Å². The van der Waals surface area contributed by atoms with Crippen LogP contribution in [0.15, 0.2) is 42.6 Å². The number of halogens is 1. The number of rotatable bonds is 7. The molecular weight excluding hydrogens is 356 g/mol. The third kappa shape index (κ3) is 6.04. The van der Waals surface area contributed by atoms with Gasteiger partial charge in [-0.2, -0.15) is 0 Å². The molecule has 0 fully saturated rings. The van der Waals surface area contributed by atoms with Crippen LogP contribution in [0.4, 0.5) is 5.82 Å². The zero-order valence-electron chi connectivity index (χ0n) is 14.9. The van der Waals surface area contributed by atoms with Crippen LogP contribution < -0.4 is 10.1 Å². The summed E-state index contributed by atoms with van der Waals surface area (Å²) in [5.41, 5.74) is 0.315. The predicted octanol–water partition coefficient (Wildman–Crippen LogP) is 3.95. The van der Waals surface area contributed by atoms with E-state index in [9.17, 15) is 9.59 Å². The highest BCUT2D eigenvalue weighted by Crippen LogP contribution is 2.16. The Hall–Kier alpha value is -2.60. The van der Waals surface area contributed by atoms with Gasteiger partial charge < -0.3 is 14.8 Å². The van der Waals surface area contributed by atoms with Crippen molar-refractivity contribution in [3.63, 3.8) is 0 Å². The fraction of sp³-hybridized carbons (Fsp3) is 0.316. The monoisotopic (exact) mass is 376 g/mol. The minimum Gasteiger partial charge on any atom is -0.493 e. The van der Waals surface area contributed by atoms with E-state index in [1.54, 1.807) is 36.4 Å². The highest BCUT2D eigenvalue weighted by molar-refractivity contribution is 6.30. The van der Waals surface area contributed by atoms with Gasteiger partial charge in [0.05, 0.1) is 17.2 Å². The Kier molecular flexibility index (Phi) is 6.97. The molecule has 0 spiro atoms. The van der Waals surface area contributed by atoms with Crippen LogP contribution in [0.25, 0.3) is 0 Å². The van der Waals surface area contributed by atoms with Gasteiger partial charge in [0.1, 0.15) is 11.6 Å². The van der Waals surface area contributed by atoms with Crippen LogP contribution in [-0.2, 0) is 9.53 Å². The maximum Gasteiger partial charge on any atom is 0.339 e. The molecule has 1 aromatic carbocycles. The van der Waals surface area contributed by atoms with Crippen molar-refractivity contribution in [2.24, 2.45) is 5.92 Å². The van der Waals surface area contributed by atoms with E-state index in [4.69, 9.17) is 21.1 Å². The van der Waals surface area contributed by atoms with Gasteiger partial charge in [-0.1, -0.05) is 31.5 Å². The highest BCUT2D eigenvalue weighted by atomic mass is 35.5. The Morgan fingerprint density at radius 2 is 1.96 bits per heavy atom. The number of nitrogens with zero attached hydrogens (tertiary/aromatic N) is 1. The normalized spacial score (nSPS) is 11.7. The van der Waals surface area contributed by atoms with Crippen molar-refractivity contribution in [1.82, 2.24) is 4.98 Å².